The molecule has 0 aliphatic carbocycles. The van der Waals surface area contributed by atoms with Crippen molar-refractivity contribution < 1.29 is 13.2 Å². The molecule has 0 aliphatic rings. The minimum absolute atomic E-state index is 0.125. The standard InChI is InChI=1S/C8H19NO3S/c1-7(2)8(3)13(10,11)9-5-6-12-4/h7-9H,5-6H2,1-4H3. The van der Waals surface area contributed by atoms with E-state index in [0.717, 1.165) is 0 Å². The quantitative estimate of drug-likeness (QED) is 0.652. The predicted molar refractivity (Wildman–Crippen MR) is 53.1 cm³/mol. The van der Waals surface area contributed by atoms with Crippen LogP contribution in [0.5, 0.6) is 0 Å². The number of rotatable bonds is 6. The second kappa shape index (κ2) is 5.57. The Morgan fingerprint density at radius 2 is 1.85 bits per heavy atom. The normalized spacial score (nSPS) is 14.8. The summed E-state index contributed by atoms with van der Waals surface area (Å²) < 4.78 is 30.2. The van der Waals surface area contributed by atoms with Gasteiger partial charge < -0.3 is 4.74 Å². The molecular formula is C8H19NO3S. The minimum atomic E-state index is -3.16. The van der Waals surface area contributed by atoms with Gasteiger partial charge in [0.15, 0.2) is 0 Å². The summed E-state index contributed by atoms with van der Waals surface area (Å²) in [5.74, 6) is 0.125. The molecule has 13 heavy (non-hydrogen) atoms. The number of sulfonamides is 1. The molecule has 1 unspecified atom stereocenters. The van der Waals surface area contributed by atoms with E-state index in [1.807, 2.05) is 13.8 Å². The summed E-state index contributed by atoms with van der Waals surface area (Å²) in [5.41, 5.74) is 0. The summed E-state index contributed by atoms with van der Waals surface area (Å²) >= 11 is 0. The lowest BCUT2D eigenvalue weighted by atomic mass is 10.2. The Kier molecular flexibility index (Phi) is 5.51. The average molecular weight is 209 g/mol. The highest BCUT2D eigenvalue weighted by atomic mass is 32.2. The molecule has 0 fully saturated rings. The zero-order valence-corrected chi connectivity index (χ0v) is 9.52. The Labute approximate surface area is 80.7 Å². The van der Waals surface area contributed by atoms with E-state index in [4.69, 9.17) is 4.74 Å². The van der Waals surface area contributed by atoms with Crippen molar-refractivity contribution >= 4 is 10.0 Å². The molecule has 0 aromatic rings. The van der Waals surface area contributed by atoms with Gasteiger partial charge in [0, 0.05) is 13.7 Å². The van der Waals surface area contributed by atoms with Crippen molar-refractivity contribution in [3.05, 3.63) is 0 Å². The van der Waals surface area contributed by atoms with Gasteiger partial charge in [0.1, 0.15) is 0 Å². The Morgan fingerprint density at radius 3 is 2.23 bits per heavy atom. The van der Waals surface area contributed by atoms with Gasteiger partial charge in [0.25, 0.3) is 0 Å². The van der Waals surface area contributed by atoms with Gasteiger partial charge in [-0.05, 0) is 12.8 Å². The molecule has 0 spiro atoms. The van der Waals surface area contributed by atoms with Crippen molar-refractivity contribution in [2.45, 2.75) is 26.0 Å². The van der Waals surface area contributed by atoms with E-state index in [2.05, 4.69) is 4.72 Å². The third-order valence-electron chi connectivity index (χ3n) is 2.04. The van der Waals surface area contributed by atoms with Gasteiger partial charge in [-0.15, -0.1) is 0 Å². The van der Waals surface area contributed by atoms with Crippen LogP contribution in [0.3, 0.4) is 0 Å². The largest absolute Gasteiger partial charge is 0.383 e. The Bertz CT molecular complexity index is 224. The van der Waals surface area contributed by atoms with E-state index in [0.29, 0.717) is 13.2 Å². The summed E-state index contributed by atoms with van der Waals surface area (Å²) in [6.07, 6.45) is 0. The summed E-state index contributed by atoms with van der Waals surface area (Å²) in [6.45, 7) is 6.24. The molecule has 80 valence electrons. The number of methoxy groups -OCH3 is 1. The molecule has 0 saturated carbocycles. The lowest BCUT2D eigenvalue weighted by molar-refractivity contribution is 0.204. The monoisotopic (exact) mass is 209 g/mol. The van der Waals surface area contributed by atoms with Crippen molar-refractivity contribution in [2.75, 3.05) is 20.3 Å². The average Bonchev–Trinajstić information content (AvgIpc) is 2.03. The summed E-state index contributed by atoms with van der Waals surface area (Å²) in [6, 6.07) is 0. The third kappa shape index (κ3) is 4.59. The van der Waals surface area contributed by atoms with Crippen LogP contribution in [0.15, 0.2) is 0 Å². The van der Waals surface area contributed by atoms with Crippen LogP contribution in [-0.4, -0.2) is 33.9 Å². The van der Waals surface area contributed by atoms with Crippen molar-refractivity contribution in [1.82, 2.24) is 4.72 Å². The van der Waals surface area contributed by atoms with E-state index in [9.17, 15) is 8.42 Å². The van der Waals surface area contributed by atoms with Crippen LogP contribution in [0.25, 0.3) is 0 Å². The van der Waals surface area contributed by atoms with Gasteiger partial charge in [-0.25, -0.2) is 13.1 Å². The summed E-state index contributed by atoms with van der Waals surface area (Å²) in [4.78, 5) is 0. The van der Waals surface area contributed by atoms with Crippen LogP contribution in [0.2, 0.25) is 0 Å². The highest BCUT2D eigenvalue weighted by Gasteiger charge is 2.22. The first kappa shape index (κ1) is 12.9. The fourth-order valence-corrected chi connectivity index (χ4v) is 2.12. The number of nitrogens with one attached hydrogen (secondary N) is 1. The van der Waals surface area contributed by atoms with Crippen LogP contribution in [0.1, 0.15) is 20.8 Å². The molecule has 0 aromatic heterocycles. The SMILES string of the molecule is COCCNS(=O)(=O)C(C)C(C)C. The molecule has 4 nitrogen and oxygen atoms in total. The van der Waals surface area contributed by atoms with Crippen molar-refractivity contribution in [2.24, 2.45) is 5.92 Å². The lowest BCUT2D eigenvalue weighted by Crippen LogP contribution is -2.37. The molecule has 0 radical (unpaired) electrons. The van der Waals surface area contributed by atoms with Crippen LogP contribution < -0.4 is 4.72 Å². The minimum Gasteiger partial charge on any atom is -0.383 e. The molecule has 0 aromatic carbocycles. The van der Waals surface area contributed by atoms with Crippen molar-refractivity contribution in [1.29, 1.82) is 0 Å². The fourth-order valence-electron chi connectivity index (χ4n) is 0.776. The number of hydrogen-bond acceptors (Lipinski definition) is 3. The van der Waals surface area contributed by atoms with Gasteiger partial charge in [0.05, 0.1) is 11.9 Å². The number of hydrogen-bond donors (Lipinski definition) is 1. The van der Waals surface area contributed by atoms with Crippen LogP contribution in [0.4, 0.5) is 0 Å². The Hall–Kier alpha value is -0.130. The zero-order valence-electron chi connectivity index (χ0n) is 8.70. The maximum Gasteiger partial charge on any atom is 0.214 e. The molecule has 5 heteroatoms. The van der Waals surface area contributed by atoms with Gasteiger partial charge in [-0.1, -0.05) is 13.8 Å². The highest BCUT2D eigenvalue weighted by Crippen LogP contribution is 2.09. The van der Waals surface area contributed by atoms with Crippen LogP contribution in [0, 0.1) is 5.92 Å². The predicted octanol–water partition coefficient (Wildman–Crippen LogP) is 0.597. The van der Waals surface area contributed by atoms with Gasteiger partial charge in [0.2, 0.25) is 10.0 Å². The summed E-state index contributed by atoms with van der Waals surface area (Å²) in [5, 5.41) is -0.357. The Balaban J connectivity index is 4.08. The first-order valence-electron chi connectivity index (χ1n) is 4.39. The summed E-state index contributed by atoms with van der Waals surface area (Å²) in [7, 11) is -1.62. The molecule has 1 atom stereocenters. The van der Waals surface area contributed by atoms with Gasteiger partial charge in [-0.3, -0.25) is 0 Å². The highest BCUT2D eigenvalue weighted by molar-refractivity contribution is 7.90. The molecule has 0 rings (SSSR count). The first-order valence-corrected chi connectivity index (χ1v) is 5.94. The molecule has 0 aliphatic heterocycles. The van der Waals surface area contributed by atoms with Crippen LogP contribution in [-0.2, 0) is 14.8 Å². The topological polar surface area (TPSA) is 55.4 Å². The lowest BCUT2D eigenvalue weighted by Gasteiger charge is -2.16. The van der Waals surface area contributed by atoms with Crippen LogP contribution >= 0.6 is 0 Å². The van der Waals surface area contributed by atoms with Crippen molar-refractivity contribution in [3.63, 3.8) is 0 Å². The maximum atomic E-state index is 11.5. The van der Waals surface area contributed by atoms with E-state index in [1.54, 1.807) is 14.0 Å². The molecule has 0 amide bonds. The second-order valence-electron chi connectivity index (χ2n) is 3.38. The molecule has 1 N–H and O–H groups in total. The van der Waals surface area contributed by atoms with Crippen molar-refractivity contribution in [3.8, 4) is 0 Å². The molecule has 0 heterocycles. The smallest absolute Gasteiger partial charge is 0.214 e. The van der Waals surface area contributed by atoms with E-state index >= 15 is 0 Å². The van der Waals surface area contributed by atoms with E-state index in [-0.39, 0.29) is 11.2 Å². The molecule has 0 bridgehead atoms. The third-order valence-corrected chi connectivity index (χ3v) is 4.17. The molecular weight excluding hydrogens is 190 g/mol. The Morgan fingerprint density at radius 1 is 1.31 bits per heavy atom. The zero-order chi connectivity index (χ0) is 10.5. The molecule has 0 saturated heterocycles. The maximum absolute atomic E-state index is 11.5. The number of ether oxygens (including phenoxy) is 1. The van der Waals surface area contributed by atoms with Gasteiger partial charge >= 0.3 is 0 Å². The van der Waals surface area contributed by atoms with Gasteiger partial charge in [-0.2, -0.15) is 0 Å². The second-order valence-corrected chi connectivity index (χ2v) is 5.50. The van der Waals surface area contributed by atoms with E-state index in [1.165, 1.54) is 0 Å². The fraction of sp³-hybridized carbons (Fsp3) is 1.00. The first-order chi connectivity index (χ1) is 5.91. The van der Waals surface area contributed by atoms with E-state index < -0.39 is 10.0 Å².